The summed E-state index contributed by atoms with van der Waals surface area (Å²) in [7, 11) is 0. The summed E-state index contributed by atoms with van der Waals surface area (Å²) < 4.78 is 1.98. The second-order valence-corrected chi connectivity index (χ2v) is 8.24. The second-order valence-electron chi connectivity index (χ2n) is 8.24. The molecule has 0 atom stereocenters. The van der Waals surface area contributed by atoms with E-state index in [2.05, 4.69) is 34.9 Å². The van der Waals surface area contributed by atoms with Crippen molar-refractivity contribution in [2.75, 3.05) is 25.0 Å². The number of carbonyl (C=O) groups excluding carboxylic acids is 2. The van der Waals surface area contributed by atoms with Crippen molar-refractivity contribution < 1.29 is 9.59 Å². The third-order valence-electron chi connectivity index (χ3n) is 5.71. The predicted octanol–water partition coefficient (Wildman–Crippen LogP) is 2.67. The lowest BCUT2D eigenvalue weighted by Gasteiger charge is -2.17. The molecule has 1 fully saturated rings. The highest BCUT2D eigenvalue weighted by Crippen LogP contribution is 2.22. The molecule has 3 amide bonds. The fraction of sp³-hybridized carbons (Fsp3) is 0.500. The minimum absolute atomic E-state index is 0.0484. The molecule has 0 aliphatic carbocycles. The number of amides is 3. The summed E-state index contributed by atoms with van der Waals surface area (Å²) in [5, 5.41) is 13.8. The van der Waals surface area contributed by atoms with Crippen LogP contribution in [0.4, 0.5) is 10.5 Å². The van der Waals surface area contributed by atoms with E-state index < -0.39 is 0 Å². The molecule has 0 spiro atoms. The Labute approximate surface area is 177 Å². The summed E-state index contributed by atoms with van der Waals surface area (Å²) in [6.07, 6.45) is 3.03. The Morgan fingerprint density at radius 1 is 1.17 bits per heavy atom. The first-order valence-electron chi connectivity index (χ1n) is 10.8. The highest BCUT2D eigenvalue weighted by atomic mass is 16.2. The summed E-state index contributed by atoms with van der Waals surface area (Å²) in [4.78, 5) is 26.8. The van der Waals surface area contributed by atoms with Crippen molar-refractivity contribution in [1.82, 2.24) is 25.3 Å². The molecule has 8 heteroatoms. The Balaban J connectivity index is 1.37. The average Bonchev–Trinajstić information content (AvgIpc) is 3.41. The van der Waals surface area contributed by atoms with Gasteiger partial charge in [0.2, 0.25) is 0 Å². The van der Waals surface area contributed by atoms with Crippen LogP contribution in [-0.2, 0) is 19.5 Å². The smallest absolute Gasteiger partial charge is 0.321 e. The predicted molar refractivity (Wildman–Crippen MR) is 115 cm³/mol. The molecular weight excluding hydrogens is 380 g/mol. The molecule has 0 bridgehead atoms. The van der Waals surface area contributed by atoms with Crippen LogP contribution in [0, 0.1) is 0 Å². The first-order valence-corrected chi connectivity index (χ1v) is 10.8. The molecule has 1 aromatic carbocycles. The lowest BCUT2D eigenvalue weighted by molar-refractivity contribution is 0.0943. The molecule has 2 aliphatic rings. The van der Waals surface area contributed by atoms with Crippen molar-refractivity contribution in [2.45, 2.75) is 52.2 Å². The first-order chi connectivity index (χ1) is 14.5. The quantitative estimate of drug-likeness (QED) is 0.707. The SMILES string of the molecule is CC(C)n1nc(C(=O)NCc2ccc(NC(=O)N3CCCC3)cc2)c2c1CCNC2. The Kier molecular flexibility index (Phi) is 6.03. The lowest BCUT2D eigenvalue weighted by atomic mass is 10.1. The van der Waals surface area contributed by atoms with Crippen molar-refractivity contribution in [3.05, 3.63) is 46.8 Å². The maximum Gasteiger partial charge on any atom is 0.321 e. The van der Waals surface area contributed by atoms with Gasteiger partial charge in [-0.25, -0.2) is 4.79 Å². The van der Waals surface area contributed by atoms with Gasteiger partial charge in [0.05, 0.1) is 0 Å². The van der Waals surface area contributed by atoms with Gasteiger partial charge in [0.25, 0.3) is 5.91 Å². The van der Waals surface area contributed by atoms with Crippen molar-refractivity contribution in [3.8, 4) is 0 Å². The van der Waals surface area contributed by atoms with E-state index in [1.54, 1.807) is 0 Å². The van der Waals surface area contributed by atoms with E-state index in [9.17, 15) is 9.59 Å². The minimum atomic E-state index is -0.152. The van der Waals surface area contributed by atoms with Crippen LogP contribution in [0.1, 0.15) is 60.0 Å². The zero-order valence-corrected chi connectivity index (χ0v) is 17.7. The molecule has 2 aliphatic heterocycles. The zero-order chi connectivity index (χ0) is 21.1. The van der Waals surface area contributed by atoms with E-state index in [0.29, 0.717) is 18.8 Å². The number of fused-ring (bicyclic) bond motifs is 1. The standard InChI is InChI=1S/C22H30N6O2/c1-15(2)28-19-9-10-23-14-18(19)20(26-28)21(29)24-13-16-5-7-17(8-6-16)25-22(30)27-11-3-4-12-27/h5-8,15,23H,3-4,9-14H2,1-2H3,(H,24,29)(H,25,30). The fourth-order valence-electron chi connectivity index (χ4n) is 4.08. The van der Waals surface area contributed by atoms with Crippen molar-refractivity contribution in [3.63, 3.8) is 0 Å². The van der Waals surface area contributed by atoms with Crippen LogP contribution in [0.3, 0.4) is 0 Å². The number of hydrogen-bond acceptors (Lipinski definition) is 4. The van der Waals surface area contributed by atoms with Gasteiger partial charge >= 0.3 is 6.03 Å². The van der Waals surface area contributed by atoms with Crippen molar-refractivity contribution in [1.29, 1.82) is 0 Å². The summed E-state index contributed by atoms with van der Waals surface area (Å²) >= 11 is 0. The highest BCUT2D eigenvalue weighted by molar-refractivity contribution is 5.94. The summed E-state index contributed by atoms with van der Waals surface area (Å²) in [6, 6.07) is 7.76. The first kappa shape index (κ1) is 20.4. The van der Waals surface area contributed by atoms with Crippen molar-refractivity contribution >= 4 is 17.6 Å². The number of likely N-dealkylation sites (tertiary alicyclic amines) is 1. The molecular formula is C22H30N6O2. The molecule has 4 rings (SSSR count). The molecule has 0 unspecified atom stereocenters. The van der Waals surface area contributed by atoms with Crippen LogP contribution < -0.4 is 16.0 Å². The van der Waals surface area contributed by atoms with E-state index in [1.165, 1.54) is 0 Å². The normalized spacial score (nSPS) is 15.9. The Hall–Kier alpha value is -2.87. The fourth-order valence-corrected chi connectivity index (χ4v) is 4.08. The Bertz CT molecular complexity index is 912. The third kappa shape index (κ3) is 4.33. The van der Waals surface area contributed by atoms with Crippen LogP contribution >= 0.6 is 0 Å². The monoisotopic (exact) mass is 410 g/mol. The number of benzene rings is 1. The maximum absolute atomic E-state index is 12.8. The average molecular weight is 411 g/mol. The Morgan fingerprint density at radius 3 is 2.60 bits per heavy atom. The minimum Gasteiger partial charge on any atom is -0.347 e. The molecule has 1 aromatic heterocycles. The van der Waals surface area contributed by atoms with Gasteiger partial charge in [-0.1, -0.05) is 12.1 Å². The number of rotatable bonds is 5. The van der Waals surface area contributed by atoms with Gasteiger partial charge in [0.15, 0.2) is 5.69 Å². The van der Waals surface area contributed by atoms with Gasteiger partial charge in [-0.2, -0.15) is 5.10 Å². The molecule has 0 saturated carbocycles. The molecule has 3 heterocycles. The molecule has 2 aromatic rings. The number of anilines is 1. The third-order valence-corrected chi connectivity index (χ3v) is 5.71. The second kappa shape index (κ2) is 8.87. The van der Waals surface area contributed by atoms with E-state index in [-0.39, 0.29) is 18.0 Å². The van der Waals surface area contributed by atoms with E-state index >= 15 is 0 Å². The number of nitrogens with one attached hydrogen (secondary N) is 3. The molecule has 30 heavy (non-hydrogen) atoms. The van der Waals surface area contributed by atoms with E-state index in [1.807, 2.05) is 33.8 Å². The van der Waals surface area contributed by atoms with E-state index in [4.69, 9.17) is 0 Å². The topological polar surface area (TPSA) is 91.3 Å². The van der Waals surface area contributed by atoms with Gasteiger partial charge in [0, 0.05) is 62.1 Å². The zero-order valence-electron chi connectivity index (χ0n) is 17.7. The van der Waals surface area contributed by atoms with Gasteiger partial charge in [-0.15, -0.1) is 0 Å². The van der Waals surface area contributed by atoms with Gasteiger partial charge in [-0.05, 0) is 44.4 Å². The number of carbonyl (C=O) groups is 2. The van der Waals surface area contributed by atoms with E-state index in [0.717, 1.165) is 61.4 Å². The molecule has 160 valence electrons. The Morgan fingerprint density at radius 2 is 1.90 bits per heavy atom. The number of aromatic nitrogens is 2. The van der Waals surface area contributed by atoms with Gasteiger partial charge < -0.3 is 20.9 Å². The molecule has 3 N–H and O–H groups in total. The summed E-state index contributed by atoms with van der Waals surface area (Å²) in [5.74, 6) is -0.152. The van der Waals surface area contributed by atoms with Crippen molar-refractivity contribution in [2.24, 2.45) is 0 Å². The van der Waals surface area contributed by atoms with Crippen LogP contribution in [-0.4, -0.2) is 46.3 Å². The summed E-state index contributed by atoms with van der Waals surface area (Å²) in [5.41, 5.74) is 4.41. The maximum atomic E-state index is 12.8. The number of hydrogen-bond donors (Lipinski definition) is 3. The molecule has 8 nitrogen and oxygen atoms in total. The highest BCUT2D eigenvalue weighted by Gasteiger charge is 2.25. The van der Waals surface area contributed by atoms with Gasteiger partial charge in [-0.3, -0.25) is 9.48 Å². The number of nitrogens with zero attached hydrogens (tertiary/aromatic N) is 3. The van der Waals surface area contributed by atoms with Crippen LogP contribution in [0.5, 0.6) is 0 Å². The van der Waals surface area contributed by atoms with Crippen LogP contribution in [0.25, 0.3) is 0 Å². The summed E-state index contributed by atoms with van der Waals surface area (Å²) in [6.45, 7) is 7.81. The van der Waals surface area contributed by atoms with Crippen LogP contribution in [0.15, 0.2) is 24.3 Å². The lowest BCUT2D eigenvalue weighted by Crippen LogP contribution is -2.32. The number of urea groups is 1. The largest absolute Gasteiger partial charge is 0.347 e. The molecule has 1 saturated heterocycles. The van der Waals surface area contributed by atoms with Crippen LogP contribution in [0.2, 0.25) is 0 Å². The van der Waals surface area contributed by atoms with Gasteiger partial charge in [0.1, 0.15) is 0 Å². The molecule has 0 radical (unpaired) electrons.